The van der Waals surface area contributed by atoms with E-state index in [0.29, 0.717) is 34.2 Å². The minimum atomic E-state index is -0.522. The van der Waals surface area contributed by atoms with Gasteiger partial charge in [0.05, 0.1) is 10.9 Å². The van der Waals surface area contributed by atoms with Crippen LogP contribution in [0.1, 0.15) is 18.4 Å². The Balaban J connectivity index is 1.33. The maximum atomic E-state index is 13.7. The summed E-state index contributed by atoms with van der Waals surface area (Å²) in [5.41, 5.74) is 8.75. The molecule has 2 fully saturated rings. The zero-order valence-corrected chi connectivity index (χ0v) is 20.0. The molecule has 2 unspecified atom stereocenters. The summed E-state index contributed by atoms with van der Waals surface area (Å²) in [5, 5.41) is 4.57. The second-order valence-electron chi connectivity index (χ2n) is 8.96. The molecule has 172 valence electrons. The normalized spacial score (nSPS) is 21.1. The molecule has 3 N–H and O–H groups in total. The summed E-state index contributed by atoms with van der Waals surface area (Å²) in [5.74, 6) is 0.893. The zero-order chi connectivity index (χ0) is 23.6. The van der Waals surface area contributed by atoms with E-state index in [1.807, 2.05) is 29.7 Å². The number of carbonyl (C=O) groups is 2. The van der Waals surface area contributed by atoms with Crippen molar-refractivity contribution in [2.75, 3.05) is 11.1 Å². The lowest BCUT2D eigenvalue weighted by Gasteiger charge is -2.27. The first-order valence-corrected chi connectivity index (χ1v) is 11.9. The third-order valence-electron chi connectivity index (χ3n) is 6.86. The van der Waals surface area contributed by atoms with Gasteiger partial charge in [0, 0.05) is 11.4 Å². The molecule has 1 saturated heterocycles. The summed E-state index contributed by atoms with van der Waals surface area (Å²) in [6, 6.07) is 10.8. The number of anilines is 2. The molecule has 34 heavy (non-hydrogen) atoms. The number of pyridine rings is 1. The highest BCUT2D eigenvalue weighted by atomic mass is 79.9. The third-order valence-corrected chi connectivity index (χ3v) is 7.30. The number of benzene rings is 1. The number of rotatable bonds is 4. The Labute approximate surface area is 203 Å². The fourth-order valence-electron chi connectivity index (χ4n) is 5.26. The second-order valence-corrected chi connectivity index (χ2v) is 9.78. The van der Waals surface area contributed by atoms with Crippen molar-refractivity contribution >= 4 is 61.3 Å². The average molecular weight is 520 g/mol. The molecule has 0 radical (unpaired) electrons. The fraction of sp³-hybridized carbons (Fsp3) is 0.292. The van der Waals surface area contributed by atoms with Gasteiger partial charge in [0.1, 0.15) is 40.8 Å². The minimum absolute atomic E-state index is 0.0715. The summed E-state index contributed by atoms with van der Waals surface area (Å²) in [6.07, 6.45) is 3.02. The molecule has 3 atom stereocenters. The molecule has 3 aromatic heterocycles. The van der Waals surface area contributed by atoms with Crippen molar-refractivity contribution in [3.63, 3.8) is 0 Å². The van der Waals surface area contributed by atoms with Crippen LogP contribution in [-0.4, -0.2) is 48.3 Å². The van der Waals surface area contributed by atoms with Crippen molar-refractivity contribution in [1.82, 2.24) is 24.4 Å². The number of aryl methyl sites for hydroxylation is 1. The number of hydrogen-bond donors (Lipinski definition) is 2. The van der Waals surface area contributed by atoms with Gasteiger partial charge in [-0.15, -0.1) is 0 Å². The number of carbonyl (C=O) groups excluding carboxylic acids is 2. The molecule has 6 rings (SSSR count). The van der Waals surface area contributed by atoms with Crippen LogP contribution in [0.5, 0.6) is 0 Å². The number of piperidine rings is 1. The number of fused-ring (bicyclic) bond motifs is 4. The van der Waals surface area contributed by atoms with Crippen molar-refractivity contribution < 1.29 is 9.59 Å². The predicted molar refractivity (Wildman–Crippen MR) is 132 cm³/mol. The van der Waals surface area contributed by atoms with Gasteiger partial charge in [-0.2, -0.15) is 0 Å². The number of halogens is 1. The molecule has 4 aromatic rings. The third kappa shape index (κ3) is 3.32. The molecule has 1 saturated carbocycles. The van der Waals surface area contributed by atoms with Crippen LogP contribution in [0.2, 0.25) is 0 Å². The van der Waals surface area contributed by atoms with Gasteiger partial charge in [0.25, 0.3) is 0 Å². The number of amides is 2. The van der Waals surface area contributed by atoms with E-state index < -0.39 is 6.04 Å². The van der Waals surface area contributed by atoms with Gasteiger partial charge >= 0.3 is 0 Å². The largest absolute Gasteiger partial charge is 0.383 e. The summed E-state index contributed by atoms with van der Waals surface area (Å²) < 4.78 is 2.52. The summed E-state index contributed by atoms with van der Waals surface area (Å²) in [4.78, 5) is 41.4. The molecule has 9 nitrogen and oxygen atoms in total. The second kappa shape index (κ2) is 7.76. The highest BCUT2D eigenvalue weighted by Crippen LogP contribution is 2.48. The molecule has 10 heteroatoms. The Bertz CT molecular complexity index is 1420. The van der Waals surface area contributed by atoms with E-state index in [-0.39, 0.29) is 24.4 Å². The van der Waals surface area contributed by atoms with Gasteiger partial charge in [-0.3, -0.25) is 9.59 Å². The molecule has 4 heterocycles. The standard InChI is InChI=1S/C24H22BrN7O2/c1-12-4-2-5-14-20(12)21-22(26)27-11-28-23(21)31(14)10-19(33)32-15-8-13(15)9-16(32)24(34)30-18-7-3-6-17(25)29-18/h2-7,11,13,15-16H,8-10H2,1H3,(H2,26,27,28)(H,29,30,34)/t13?,15-,16?/m1/s1. The summed E-state index contributed by atoms with van der Waals surface area (Å²) in [6.45, 7) is 2.08. The van der Waals surface area contributed by atoms with Crippen LogP contribution in [0.15, 0.2) is 47.3 Å². The van der Waals surface area contributed by atoms with Crippen molar-refractivity contribution in [2.24, 2.45) is 5.92 Å². The minimum Gasteiger partial charge on any atom is -0.383 e. The van der Waals surface area contributed by atoms with E-state index in [1.54, 1.807) is 23.1 Å². The van der Waals surface area contributed by atoms with Gasteiger partial charge in [0.15, 0.2) is 0 Å². The van der Waals surface area contributed by atoms with Crippen molar-refractivity contribution in [3.05, 3.63) is 52.9 Å². The Hall–Kier alpha value is -3.53. The van der Waals surface area contributed by atoms with E-state index in [1.165, 1.54) is 6.33 Å². The van der Waals surface area contributed by atoms with Crippen LogP contribution in [0.25, 0.3) is 21.9 Å². The van der Waals surface area contributed by atoms with Crippen LogP contribution in [-0.2, 0) is 16.1 Å². The van der Waals surface area contributed by atoms with E-state index in [0.717, 1.165) is 28.3 Å². The average Bonchev–Trinajstić information content (AvgIpc) is 3.34. The zero-order valence-electron chi connectivity index (χ0n) is 18.4. The smallest absolute Gasteiger partial charge is 0.248 e. The maximum Gasteiger partial charge on any atom is 0.248 e. The molecular weight excluding hydrogens is 498 g/mol. The monoisotopic (exact) mass is 519 g/mol. The molecule has 2 aliphatic rings. The van der Waals surface area contributed by atoms with Gasteiger partial charge in [0.2, 0.25) is 11.8 Å². The number of hydrogen-bond acceptors (Lipinski definition) is 6. The molecular formula is C24H22BrN7O2. The van der Waals surface area contributed by atoms with E-state index in [9.17, 15) is 9.59 Å². The van der Waals surface area contributed by atoms with Crippen molar-refractivity contribution in [2.45, 2.75) is 38.4 Å². The quantitative estimate of drug-likeness (QED) is 0.399. The molecule has 2 amide bonds. The Morgan fingerprint density at radius 1 is 1.15 bits per heavy atom. The lowest BCUT2D eigenvalue weighted by Crippen LogP contribution is -2.46. The number of likely N-dealkylation sites (tertiary alicyclic amines) is 1. The number of nitrogen functional groups attached to an aromatic ring is 1. The molecule has 1 aromatic carbocycles. The number of nitrogens with zero attached hydrogens (tertiary/aromatic N) is 5. The van der Waals surface area contributed by atoms with Crippen LogP contribution >= 0.6 is 15.9 Å². The first kappa shape index (κ1) is 21.0. The van der Waals surface area contributed by atoms with E-state index >= 15 is 0 Å². The Kier molecular flexibility index (Phi) is 4.80. The number of aromatic nitrogens is 4. The summed E-state index contributed by atoms with van der Waals surface area (Å²) >= 11 is 3.32. The highest BCUT2D eigenvalue weighted by Gasteiger charge is 2.56. The molecule has 0 bridgehead atoms. The van der Waals surface area contributed by atoms with E-state index in [4.69, 9.17) is 5.73 Å². The van der Waals surface area contributed by atoms with Crippen LogP contribution in [0, 0.1) is 12.8 Å². The van der Waals surface area contributed by atoms with Crippen LogP contribution in [0.3, 0.4) is 0 Å². The van der Waals surface area contributed by atoms with Gasteiger partial charge < -0.3 is 20.5 Å². The van der Waals surface area contributed by atoms with Gasteiger partial charge in [-0.1, -0.05) is 18.2 Å². The lowest BCUT2D eigenvalue weighted by atomic mass is 10.1. The SMILES string of the molecule is Cc1cccc2c1c1c(N)ncnc1n2CC(=O)N1C(C(=O)Nc2cccc(Br)n2)CC2C[C@H]21. The Morgan fingerprint density at radius 3 is 2.79 bits per heavy atom. The number of nitrogens with one attached hydrogen (secondary N) is 1. The number of nitrogens with two attached hydrogens (primary N) is 1. The van der Waals surface area contributed by atoms with Gasteiger partial charge in [-0.05, 0) is 65.4 Å². The fourth-order valence-corrected chi connectivity index (χ4v) is 5.61. The van der Waals surface area contributed by atoms with Crippen molar-refractivity contribution in [3.8, 4) is 0 Å². The predicted octanol–water partition coefficient (Wildman–Crippen LogP) is 3.26. The van der Waals surface area contributed by atoms with Crippen molar-refractivity contribution in [1.29, 1.82) is 0 Å². The maximum absolute atomic E-state index is 13.7. The van der Waals surface area contributed by atoms with Gasteiger partial charge in [-0.25, -0.2) is 15.0 Å². The molecule has 0 spiro atoms. The molecule has 1 aliphatic carbocycles. The van der Waals surface area contributed by atoms with E-state index in [2.05, 4.69) is 36.2 Å². The first-order chi connectivity index (χ1) is 16.4. The topological polar surface area (TPSA) is 119 Å². The Morgan fingerprint density at radius 2 is 1.97 bits per heavy atom. The first-order valence-electron chi connectivity index (χ1n) is 11.1. The highest BCUT2D eigenvalue weighted by molar-refractivity contribution is 9.10. The lowest BCUT2D eigenvalue weighted by molar-refractivity contribution is -0.138. The van der Waals surface area contributed by atoms with Crippen LogP contribution in [0.4, 0.5) is 11.6 Å². The van der Waals surface area contributed by atoms with Crippen LogP contribution < -0.4 is 11.1 Å². The molecule has 1 aliphatic heterocycles. The summed E-state index contributed by atoms with van der Waals surface area (Å²) in [7, 11) is 0.